The predicted molar refractivity (Wildman–Crippen MR) is 108 cm³/mol. The molecule has 0 spiro atoms. The Morgan fingerprint density at radius 2 is 1.83 bits per heavy atom. The first-order chi connectivity index (χ1) is 13.8. The molecular formula is C22H23F4N3O. The molecule has 8 heteroatoms. The molecule has 0 aliphatic heterocycles. The SMILES string of the molecule is Cc1cc2c(ccn2Cc2ccc(C(F)(F)F)c(F)c2)nc1NC(=O)CC(C)(C)C. The number of aromatic nitrogens is 2. The van der Waals surface area contributed by atoms with Gasteiger partial charge in [0.05, 0.1) is 16.6 Å². The van der Waals surface area contributed by atoms with Crippen LogP contribution >= 0.6 is 0 Å². The third-order valence-electron chi connectivity index (χ3n) is 4.58. The zero-order valence-corrected chi connectivity index (χ0v) is 17.2. The number of rotatable bonds is 4. The van der Waals surface area contributed by atoms with Gasteiger partial charge in [-0.2, -0.15) is 13.2 Å². The molecule has 0 bridgehead atoms. The number of hydrogen-bond donors (Lipinski definition) is 1. The summed E-state index contributed by atoms with van der Waals surface area (Å²) in [5.41, 5.74) is 1.08. The van der Waals surface area contributed by atoms with E-state index in [4.69, 9.17) is 0 Å². The van der Waals surface area contributed by atoms with Gasteiger partial charge >= 0.3 is 6.18 Å². The molecule has 1 N–H and O–H groups in total. The first-order valence-electron chi connectivity index (χ1n) is 9.45. The van der Waals surface area contributed by atoms with Crippen molar-refractivity contribution in [2.75, 3.05) is 5.32 Å². The lowest BCUT2D eigenvalue weighted by Gasteiger charge is -2.17. The average Bonchev–Trinajstić information content (AvgIpc) is 2.94. The quantitative estimate of drug-likeness (QED) is 0.531. The summed E-state index contributed by atoms with van der Waals surface area (Å²) in [5.74, 6) is -0.957. The van der Waals surface area contributed by atoms with Crippen molar-refractivity contribution in [2.24, 2.45) is 5.41 Å². The van der Waals surface area contributed by atoms with Crippen molar-refractivity contribution in [1.82, 2.24) is 9.55 Å². The summed E-state index contributed by atoms with van der Waals surface area (Å²) in [6.45, 7) is 7.92. The van der Waals surface area contributed by atoms with Gasteiger partial charge in [-0.3, -0.25) is 4.79 Å². The monoisotopic (exact) mass is 421 g/mol. The van der Waals surface area contributed by atoms with Crippen LogP contribution in [0.3, 0.4) is 0 Å². The number of benzene rings is 1. The molecule has 2 aromatic heterocycles. The van der Waals surface area contributed by atoms with Crippen LogP contribution < -0.4 is 5.32 Å². The molecule has 0 aliphatic rings. The van der Waals surface area contributed by atoms with Crippen LogP contribution in [0, 0.1) is 18.2 Å². The van der Waals surface area contributed by atoms with Crippen LogP contribution in [0.5, 0.6) is 0 Å². The summed E-state index contributed by atoms with van der Waals surface area (Å²) in [7, 11) is 0. The maximum absolute atomic E-state index is 13.9. The number of amides is 1. The lowest BCUT2D eigenvalue weighted by molar-refractivity contribution is -0.140. The standard InChI is InChI=1S/C22H23F4N3O/c1-13-9-18-17(27-20(13)28-19(30)11-21(2,3)4)7-8-29(18)12-14-5-6-15(16(23)10-14)22(24,25)26/h5-10H,11-12H2,1-4H3,(H,27,28,30). The number of anilines is 1. The first kappa shape index (κ1) is 21.8. The van der Waals surface area contributed by atoms with E-state index in [2.05, 4.69) is 10.3 Å². The van der Waals surface area contributed by atoms with Crippen LogP contribution in [0.1, 0.15) is 43.9 Å². The fourth-order valence-electron chi connectivity index (χ4n) is 3.21. The van der Waals surface area contributed by atoms with Gasteiger partial charge in [0.25, 0.3) is 0 Å². The first-order valence-corrected chi connectivity index (χ1v) is 9.45. The number of alkyl halides is 3. The van der Waals surface area contributed by atoms with Gasteiger partial charge in [0.15, 0.2) is 0 Å². The summed E-state index contributed by atoms with van der Waals surface area (Å²) < 4.78 is 53.9. The van der Waals surface area contributed by atoms with E-state index in [1.807, 2.05) is 33.8 Å². The van der Waals surface area contributed by atoms with Gasteiger partial charge in [-0.25, -0.2) is 9.37 Å². The predicted octanol–water partition coefficient (Wildman–Crippen LogP) is 5.93. The number of pyridine rings is 1. The molecule has 0 unspecified atom stereocenters. The average molecular weight is 421 g/mol. The fraction of sp³-hybridized carbons (Fsp3) is 0.364. The van der Waals surface area contributed by atoms with Gasteiger partial charge in [0.2, 0.25) is 5.91 Å². The molecule has 1 amide bonds. The largest absolute Gasteiger partial charge is 0.419 e. The van der Waals surface area contributed by atoms with Crippen molar-refractivity contribution in [2.45, 2.75) is 46.8 Å². The molecule has 0 fully saturated rings. The number of aryl methyl sites for hydroxylation is 1. The molecule has 30 heavy (non-hydrogen) atoms. The fourth-order valence-corrected chi connectivity index (χ4v) is 3.21. The van der Waals surface area contributed by atoms with E-state index >= 15 is 0 Å². The molecule has 0 saturated carbocycles. The number of carbonyl (C=O) groups excluding carboxylic acids is 1. The van der Waals surface area contributed by atoms with Gasteiger partial charge in [0, 0.05) is 19.2 Å². The highest BCUT2D eigenvalue weighted by molar-refractivity contribution is 5.92. The van der Waals surface area contributed by atoms with E-state index in [-0.39, 0.29) is 17.9 Å². The third-order valence-corrected chi connectivity index (χ3v) is 4.58. The van der Waals surface area contributed by atoms with Crippen LogP contribution in [0.15, 0.2) is 36.5 Å². The molecule has 0 atom stereocenters. The topological polar surface area (TPSA) is 46.9 Å². The van der Waals surface area contributed by atoms with E-state index < -0.39 is 17.6 Å². The smallest absolute Gasteiger partial charge is 0.342 e. The van der Waals surface area contributed by atoms with Crippen LogP contribution in [0.25, 0.3) is 11.0 Å². The van der Waals surface area contributed by atoms with Crippen LogP contribution in [0.4, 0.5) is 23.4 Å². The maximum Gasteiger partial charge on any atom is 0.419 e. The van der Waals surface area contributed by atoms with E-state index in [0.717, 1.165) is 23.2 Å². The van der Waals surface area contributed by atoms with Gasteiger partial charge < -0.3 is 9.88 Å². The Bertz CT molecular complexity index is 1090. The lowest BCUT2D eigenvalue weighted by Crippen LogP contribution is -2.20. The van der Waals surface area contributed by atoms with E-state index in [0.29, 0.717) is 23.3 Å². The number of nitrogens with one attached hydrogen (secondary N) is 1. The van der Waals surface area contributed by atoms with Gasteiger partial charge in [-0.05, 0) is 47.7 Å². The van der Waals surface area contributed by atoms with E-state index in [9.17, 15) is 22.4 Å². The number of carbonyl (C=O) groups is 1. The number of hydrogen-bond acceptors (Lipinski definition) is 2. The molecule has 2 heterocycles. The minimum absolute atomic E-state index is 0.128. The Kier molecular flexibility index (Phi) is 5.62. The Balaban J connectivity index is 1.85. The van der Waals surface area contributed by atoms with Crippen LogP contribution in [-0.4, -0.2) is 15.5 Å². The summed E-state index contributed by atoms with van der Waals surface area (Å²) in [4.78, 5) is 16.7. The molecule has 0 saturated heterocycles. The Morgan fingerprint density at radius 1 is 1.13 bits per heavy atom. The van der Waals surface area contributed by atoms with Gasteiger partial charge in [0.1, 0.15) is 11.6 Å². The van der Waals surface area contributed by atoms with Crippen molar-refractivity contribution >= 4 is 22.8 Å². The lowest BCUT2D eigenvalue weighted by atomic mass is 9.92. The van der Waals surface area contributed by atoms with E-state index in [1.54, 1.807) is 16.8 Å². The van der Waals surface area contributed by atoms with Crippen molar-refractivity contribution in [1.29, 1.82) is 0 Å². The maximum atomic E-state index is 13.9. The summed E-state index contributed by atoms with van der Waals surface area (Å²) >= 11 is 0. The highest BCUT2D eigenvalue weighted by Gasteiger charge is 2.33. The Hall–Kier alpha value is -2.90. The Morgan fingerprint density at radius 3 is 2.43 bits per heavy atom. The molecule has 3 rings (SSSR count). The molecule has 0 radical (unpaired) electrons. The number of fused-ring (bicyclic) bond motifs is 1. The second-order valence-corrected chi connectivity index (χ2v) is 8.60. The second kappa shape index (κ2) is 7.74. The zero-order valence-electron chi connectivity index (χ0n) is 17.2. The summed E-state index contributed by atoms with van der Waals surface area (Å²) in [6.07, 6.45) is -2.64. The highest BCUT2D eigenvalue weighted by atomic mass is 19.4. The minimum Gasteiger partial charge on any atom is -0.342 e. The van der Waals surface area contributed by atoms with Crippen LogP contribution in [-0.2, 0) is 17.5 Å². The Labute approximate surface area is 171 Å². The van der Waals surface area contributed by atoms with Crippen LogP contribution in [0.2, 0.25) is 0 Å². The second-order valence-electron chi connectivity index (χ2n) is 8.60. The molecule has 1 aromatic carbocycles. The van der Waals surface area contributed by atoms with Crippen molar-refractivity contribution in [3.8, 4) is 0 Å². The summed E-state index contributed by atoms with van der Waals surface area (Å²) in [5, 5.41) is 2.83. The van der Waals surface area contributed by atoms with E-state index in [1.165, 1.54) is 6.07 Å². The van der Waals surface area contributed by atoms with Crippen molar-refractivity contribution in [3.05, 3.63) is 59.0 Å². The summed E-state index contributed by atoms with van der Waals surface area (Å²) in [6, 6.07) is 6.50. The minimum atomic E-state index is -4.72. The molecular weight excluding hydrogens is 398 g/mol. The van der Waals surface area contributed by atoms with Crippen molar-refractivity contribution < 1.29 is 22.4 Å². The molecule has 160 valence electrons. The normalized spacial score (nSPS) is 12.4. The molecule has 3 aromatic rings. The van der Waals surface area contributed by atoms with Gasteiger partial charge in [-0.15, -0.1) is 0 Å². The highest BCUT2D eigenvalue weighted by Crippen LogP contribution is 2.32. The number of halogens is 4. The molecule has 0 aliphatic carbocycles. The number of nitrogens with zero attached hydrogens (tertiary/aromatic N) is 2. The molecule has 4 nitrogen and oxygen atoms in total. The zero-order chi connectivity index (χ0) is 22.3. The third kappa shape index (κ3) is 4.98. The van der Waals surface area contributed by atoms with Gasteiger partial charge in [-0.1, -0.05) is 26.8 Å². The van der Waals surface area contributed by atoms with Crippen molar-refractivity contribution in [3.63, 3.8) is 0 Å².